The Morgan fingerprint density at radius 2 is 1.74 bits per heavy atom. The van der Waals surface area contributed by atoms with Crippen LogP contribution in [0.15, 0.2) is 53.4 Å². The Morgan fingerprint density at radius 3 is 2.40 bits per heavy atom. The van der Waals surface area contributed by atoms with Crippen molar-refractivity contribution in [3.8, 4) is 17.0 Å². The molecule has 42 heavy (non-hydrogen) atoms. The lowest BCUT2D eigenvalue weighted by atomic mass is 9.85. The van der Waals surface area contributed by atoms with E-state index in [9.17, 15) is 18.3 Å². The van der Waals surface area contributed by atoms with Gasteiger partial charge in [-0.05, 0) is 100 Å². The van der Waals surface area contributed by atoms with Gasteiger partial charge in [-0.25, -0.2) is 13.1 Å². The highest BCUT2D eigenvalue weighted by Crippen LogP contribution is 2.34. The predicted molar refractivity (Wildman–Crippen MR) is 163 cm³/mol. The second-order valence-electron chi connectivity index (χ2n) is 12.2. The van der Waals surface area contributed by atoms with E-state index in [-0.39, 0.29) is 28.8 Å². The highest BCUT2D eigenvalue weighted by atomic mass is 32.2. The summed E-state index contributed by atoms with van der Waals surface area (Å²) in [5.74, 6) is 0.735. The van der Waals surface area contributed by atoms with Crippen molar-refractivity contribution in [2.24, 2.45) is 13.0 Å². The maximum absolute atomic E-state index is 13.4. The Morgan fingerprint density at radius 1 is 1.02 bits per heavy atom. The fourth-order valence-corrected chi connectivity index (χ4v) is 7.79. The third kappa shape index (κ3) is 6.51. The number of ether oxygens (including phenoxy) is 2. The van der Waals surface area contributed by atoms with Crippen molar-refractivity contribution in [3.05, 3.63) is 48.5 Å². The number of methoxy groups -OCH3 is 1. The van der Waals surface area contributed by atoms with E-state index in [0.29, 0.717) is 45.4 Å². The van der Waals surface area contributed by atoms with Crippen LogP contribution in [0.25, 0.3) is 22.2 Å². The van der Waals surface area contributed by atoms with Crippen LogP contribution in [-0.2, 0) is 26.6 Å². The summed E-state index contributed by atoms with van der Waals surface area (Å²) in [7, 11) is -0.166. The molecule has 0 bridgehead atoms. The quantitative estimate of drug-likeness (QED) is 0.334. The molecule has 1 unspecified atom stereocenters. The lowest BCUT2D eigenvalue weighted by Crippen LogP contribution is -2.50. The molecule has 1 saturated heterocycles. The van der Waals surface area contributed by atoms with Crippen molar-refractivity contribution in [3.63, 3.8) is 0 Å². The zero-order valence-electron chi connectivity index (χ0n) is 25.0. The van der Waals surface area contributed by atoms with Crippen molar-refractivity contribution >= 4 is 26.8 Å². The topological polar surface area (TPSA) is 110 Å². The number of hydrogen-bond donors (Lipinski definition) is 2. The lowest BCUT2D eigenvalue weighted by Gasteiger charge is -2.37. The van der Waals surface area contributed by atoms with Gasteiger partial charge in [-0.2, -0.15) is 0 Å². The summed E-state index contributed by atoms with van der Waals surface area (Å²) in [6, 6.07) is 14.7. The number of carbonyl (C=O) groups is 1. The number of benzene rings is 2. The van der Waals surface area contributed by atoms with Gasteiger partial charge < -0.3 is 24.0 Å². The zero-order chi connectivity index (χ0) is 30.1. The smallest absolute Gasteiger partial charge is 0.240 e. The highest BCUT2D eigenvalue weighted by molar-refractivity contribution is 7.89. The van der Waals surface area contributed by atoms with E-state index in [2.05, 4.69) is 10.8 Å². The molecule has 3 aromatic rings. The number of aliphatic hydroxyl groups is 1. The number of rotatable bonds is 10. The first-order valence-electron chi connectivity index (χ1n) is 14.8. The van der Waals surface area contributed by atoms with E-state index in [1.54, 1.807) is 33.1 Å². The molecule has 5 rings (SSSR count). The number of carbonyl (C=O) groups excluding carboxylic acids is 1. The summed E-state index contributed by atoms with van der Waals surface area (Å²) in [5, 5.41) is 11.5. The van der Waals surface area contributed by atoms with Crippen LogP contribution in [0.1, 0.15) is 52.4 Å². The normalized spacial score (nSPS) is 21.6. The van der Waals surface area contributed by atoms with Crippen LogP contribution >= 0.6 is 0 Å². The molecule has 1 aliphatic carbocycles. The van der Waals surface area contributed by atoms with Crippen molar-refractivity contribution in [1.82, 2.24) is 14.2 Å². The number of fused-ring (bicyclic) bond motifs is 1. The Kier molecular flexibility index (Phi) is 8.99. The number of aromatic nitrogens is 1. The van der Waals surface area contributed by atoms with Gasteiger partial charge in [0, 0.05) is 49.3 Å². The van der Waals surface area contributed by atoms with Crippen LogP contribution < -0.4 is 9.46 Å². The number of amides is 1. The molecule has 1 saturated carbocycles. The summed E-state index contributed by atoms with van der Waals surface area (Å²) in [6.45, 7) is 5.21. The van der Waals surface area contributed by atoms with Gasteiger partial charge >= 0.3 is 0 Å². The number of sulfonamides is 1. The molecule has 2 aromatic carbocycles. The molecule has 1 atom stereocenters. The molecular weight excluding hydrogens is 554 g/mol. The molecule has 228 valence electrons. The van der Waals surface area contributed by atoms with Gasteiger partial charge in [0.15, 0.2) is 0 Å². The van der Waals surface area contributed by atoms with Crippen molar-refractivity contribution < 1.29 is 27.8 Å². The molecule has 9 nitrogen and oxygen atoms in total. The molecule has 0 spiro atoms. The highest BCUT2D eigenvalue weighted by Gasteiger charge is 2.41. The molecule has 2 aliphatic rings. The van der Waals surface area contributed by atoms with E-state index >= 15 is 0 Å². The Balaban J connectivity index is 1.23. The molecule has 0 radical (unpaired) electrons. The number of hydrogen-bond acceptors (Lipinski definition) is 6. The maximum Gasteiger partial charge on any atom is 0.240 e. The first-order valence-corrected chi connectivity index (χ1v) is 16.3. The molecule has 2 N–H and O–H groups in total. The zero-order valence-corrected chi connectivity index (χ0v) is 25.8. The van der Waals surface area contributed by atoms with Gasteiger partial charge in [0.1, 0.15) is 12.4 Å². The second-order valence-corrected chi connectivity index (χ2v) is 13.9. The lowest BCUT2D eigenvalue weighted by molar-refractivity contribution is -0.142. The van der Waals surface area contributed by atoms with Gasteiger partial charge in [-0.3, -0.25) is 4.79 Å². The van der Waals surface area contributed by atoms with E-state index in [0.717, 1.165) is 40.8 Å². The first kappa shape index (κ1) is 30.5. The van der Waals surface area contributed by atoms with Crippen LogP contribution in [0, 0.1) is 5.92 Å². The number of nitrogens with zero attached hydrogens (tertiary/aromatic N) is 2. The molecule has 2 heterocycles. The van der Waals surface area contributed by atoms with Gasteiger partial charge in [0.2, 0.25) is 15.9 Å². The minimum atomic E-state index is -3.74. The fraction of sp³-hybridized carbons (Fsp3) is 0.531. The third-order valence-corrected chi connectivity index (χ3v) is 10.3. The summed E-state index contributed by atoms with van der Waals surface area (Å²) < 4.78 is 42.4. The number of likely N-dealkylation sites (tertiary alicyclic amines) is 1. The van der Waals surface area contributed by atoms with E-state index in [1.165, 1.54) is 0 Å². The average molecular weight is 598 g/mol. The van der Waals surface area contributed by atoms with Crippen LogP contribution in [0.2, 0.25) is 0 Å². The van der Waals surface area contributed by atoms with Gasteiger partial charge in [0.05, 0.1) is 23.1 Å². The number of nitrogens with one attached hydrogen (secondary N) is 1. The van der Waals surface area contributed by atoms with Crippen LogP contribution in [0.3, 0.4) is 0 Å². The standard InChI is InChI=1S/C32H43N3O6S/c1-32(2,37)30-6-5-17-35(30)31(36)23-7-12-25(13-8-23)33-42(38,39)27-16-11-24-20-28(34(3)29(24)21-27)22-9-14-26(15-10-22)41-19-18-40-4/h9-11,14-16,20-21,23,25,30,33,37H,5-8,12-13,17-19H2,1-4H3. The molecule has 1 aliphatic heterocycles. The number of aryl methyl sites for hydroxylation is 1. The third-order valence-electron chi connectivity index (χ3n) is 8.78. The Labute approximate surface area is 248 Å². The van der Waals surface area contributed by atoms with Crippen molar-refractivity contribution in [2.75, 3.05) is 26.9 Å². The molecular formula is C32H43N3O6S. The summed E-state index contributed by atoms with van der Waals surface area (Å²) in [6.07, 6.45) is 4.21. The molecule has 1 aromatic heterocycles. The molecule has 10 heteroatoms. The first-order chi connectivity index (χ1) is 20.0. The molecule has 1 amide bonds. The van der Waals surface area contributed by atoms with Crippen molar-refractivity contribution in [1.29, 1.82) is 0 Å². The largest absolute Gasteiger partial charge is 0.491 e. The van der Waals surface area contributed by atoms with Gasteiger partial charge in [-0.1, -0.05) is 6.07 Å². The summed E-state index contributed by atoms with van der Waals surface area (Å²) in [4.78, 5) is 15.3. The van der Waals surface area contributed by atoms with Gasteiger partial charge in [-0.15, -0.1) is 0 Å². The maximum atomic E-state index is 13.4. The fourth-order valence-electron chi connectivity index (χ4n) is 6.46. The van der Waals surface area contributed by atoms with Crippen LogP contribution in [0.5, 0.6) is 5.75 Å². The monoisotopic (exact) mass is 597 g/mol. The Bertz CT molecular complexity index is 1500. The second kappa shape index (κ2) is 12.4. The Hall–Kier alpha value is -2.92. The minimum Gasteiger partial charge on any atom is -0.491 e. The summed E-state index contributed by atoms with van der Waals surface area (Å²) >= 11 is 0. The van der Waals surface area contributed by atoms with Crippen LogP contribution in [-0.4, -0.2) is 73.5 Å². The van der Waals surface area contributed by atoms with Crippen molar-refractivity contribution in [2.45, 2.75) is 75.0 Å². The van der Waals surface area contributed by atoms with Crippen LogP contribution in [0.4, 0.5) is 0 Å². The predicted octanol–water partition coefficient (Wildman–Crippen LogP) is 4.47. The molecule has 2 fully saturated rings. The minimum absolute atomic E-state index is 0.0964. The van der Waals surface area contributed by atoms with Gasteiger partial charge in [0.25, 0.3) is 0 Å². The average Bonchev–Trinajstić information content (AvgIpc) is 3.59. The SMILES string of the molecule is COCCOc1ccc(-c2cc3ccc(S(=O)(=O)NC4CCC(C(=O)N5CCCC5C(C)(C)O)CC4)cc3n2C)cc1. The van der Waals surface area contributed by atoms with E-state index in [1.807, 2.05) is 46.8 Å². The summed E-state index contributed by atoms with van der Waals surface area (Å²) in [5.41, 5.74) is 1.88. The van der Waals surface area contributed by atoms with E-state index < -0.39 is 15.6 Å². The van der Waals surface area contributed by atoms with E-state index in [4.69, 9.17) is 9.47 Å².